The molecule has 1 aliphatic carbocycles. The van der Waals surface area contributed by atoms with Crippen molar-refractivity contribution < 1.29 is 17.9 Å². The minimum atomic E-state index is -4.43. The van der Waals surface area contributed by atoms with Crippen molar-refractivity contribution in [3.05, 3.63) is 52.3 Å². The van der Waals surface area contributed by atoms with Crippen LogP contribution in [0, 0.1) is 18.3 Å². The summed E-state index contributed by atoms with van der Waals surface area (Å²) in [5.41, 5.74) is 0.518. The Kier molecular flexibility index (Phi) is 6.44. The standard InChI is InChI=1S/C27H29F3N6O/c1-16-18(6-4-7-20(16)27(28,29)30)17(2)32-23-19-14-21(26(15-31)9-10-26)25(37-3)35-24(19)34-22(33-23)8-13-36-11-5-12-36/h4,6-7,14,17H,5,8-13H2,1-3H3,(H,32,33,34,35)/t17-/m1/s1. The lowest BCUT2D eigenvalue weighted by Gasteiger charge is -2.30. The second-order valence-electron chi connectivity index (χ2n) is 9.93. The third-order valence-corrected chi connectivity index (χ3v) is 7.47. The van der Waals surface area contributed by atoms with E-state index in [9.17, 15) is 18.4 Å². The van der Waals surface area contributed by atoms with E-state index < -0.39 is 23.2 Å². The zero-order chi connectivity index (χ0) is 26.4. The number of benzene rings is 1. The molecule has 0 amide bonds. The van der Waals surface area contributed by atoms with E-state index in [4.69, 9.17) is 9.72 Å². The minimum Gasteiger partial charge on any atom is -0.481 e. The lowest BCUT2D eigenvalue weighted by molar-refractivity contribution is -0.138. The highest BCUT2D eigenvalue weighted by molar-refractivity contribution is 5.88. The Morgan fingerprint density at radius 1 is 1.22 bits per heavy atom. The van der Waals surface area contributed by atoms with Gasteiger partial charge in [0.25, 0.3) is 0 Å². The Balaban J connectivity index is 1.57. The van der Waals surface area contributed by atoms with Crippen molar-refractivity contribution in [2.75, 3.05) is 32.1 Å². The Bertz CT molecular complexity index is 1380. The quantitative estimate of drug-likeness (QED) is 0.438. The highest BCUT2D eigenvalue weighted by atomic mass is 19.4. The molecule has 0 radical (unpaired) electrons. The number of hydrogen-bond donors (Lipinski definition) is 1. The predicted octanol–water partition coefficient (Wildman–Crippen LogP) is 5.34. The van der Waals surface area contributed by atoms with E-state index in [1.807, 2.05) is 13.0 Å². The fourth-order valence-corrected chi connectivity index (χ4v) is 4.95. The number of alkyl halides is 3. The largest absolute Gasteiger partial charge is 0.481 e. The van der Waals surface area contributed by atoms with Gasteiger partial charge in [0.05, 0.1) is 35.6 Å². The van der Waals surface area contributed by atoms with Gasteiger partial charge in [-0.2, -0.15) is 23.4 Å². The fraction of sp³-hybridized carbons (Fsp3) is 0.481. The molecule has 2 aliphatic rings. The molecule has 5 rings (SSSR count). The molecule has 3 aromatic rings. The third kappa shape index (κ3) is 4.80. The summed E-state index contributed by atoms with van der Waals surface area (Å²) in [6.07, 6.45) is -1.21. The molecule has 0 spiro atoms. The molecule has 1 saturated carbocycles. The maximum Gasteiger partial charge on any atom is 0.416 e. The number of halogens is 3. The summed E-state index contributed by atoms with van der Waals surface area (Å²) in [6, 6.07) is 7.98. The monoisotopic (exact) mass is 510 g/mol. The van der Waals surface area contributed by atoms with Gasteiger partial charge in [0.15, 0.2) is 5.65 Å². The summed E-state index contributed by atoms with van der Waals surface area (Å²) in [4.78, 5) is 16.4. The van der Waals surface area contributed by atoms with Crippen molar-refractivity contribution in [3.63, 3.8) is 0 Å². The Morgan fingerprint density at radius 3 is 2.57 bits per heavy atom. The van der Waals surface area contributed by atoms with Gasteiger partial charge >= 0.3 is 6.18 Å². The van der Waals surface area contributed by atoms with E-state index in [1.165, 1.54) is 26.5 Å². The SMILES string of the molecule is COc1nc2nc(CCN3CCC3)nc(N[C@H](C)c3cccc(C(F)(F)F)c3C)c2cc1C1(C#N)CC1. The van der Waals surface area contributed by atoms with Crippen LogP contribution in [0.5, 0.6) is 5.88 Å². The molecule has 1 N–H and O–H groups in total. The number of nitriles is 1. The topological polar surface area (TPSA) is 87.0 Å². The molecule has 0 bridgehead atoms. The van der Waals surface area contributed by atoms with E-state index in [2.05, 4.69) is 26.3 Å². The van der Waals surface area contributed by atoms with Crippen LogP contribution in [0.3, 0.4) is 0 Å². The number of fused-ring (bicyclic) bond motifs is 1. The van der Waals surface area contributed by atoms with Gasteiger partial charge in [-0.3, -0.25) is 0 Å². The molecule has 2 fully saturated rings. The van der Waals surface area contributed by atoms with Crippen LogP contribution in [0.1, 0.15) is 60.3 Å². The zero-order valence-corrected chi connectivity index (χ0v) is 21.1. The first-order valence-electron chi connectivity index (χ1n) is 12.5. The number of nitrogens with one attached hydrogen (secondary N) is 1. The Hall–Kier alpha value is -3.45. The van der Waals surface area contributed by atoms with Gasteiger partial charge < -0.3 is 15.0 Å². The van der Waals surface area contributed by atoms with Gasteiger partial charge in [-0.1, -0.05) is 12.1 Å². The second-order valence-corrected chi connectivity index (χ2v) is 9.93. The van der Waals surface area contributed by atoms with E-state index >= 15 is 0 Å². The molecule has 1 atom stereocenters. The molecule has 1 saturated heterocycles. The fourth-order valence-electron chi connectivity index (χ4n) is 4.95. The molecular weight excluding hydrogens is 481 g/mol. The van der Waals surface area contributed by atoms with Gasteiger partial charge in [-0.05, 0) is 69.5 Å². The van der Waals surface area contributed by atoms with Crippen LogP contribution >= 0.6 is 0 Å². The van der Waals surface area contributed by atoms with E-state index in [0.29, 0.717) is 58.9 Å². The van der Waals surface area contributed by atoms with Gasteiger partial charge in [0.2, 0.25) is 5.88 Å². The number of anilines is 1. The van der Waals surface area contributed by atoms with Crippen molar-refractivity contribution in [1.82, 2.24) is 19.9 Å². The molecule has 7 nitrogen and oxygen atoms in total. The van der Waals surface area contributed by atoms with Crippen LogP contribution in [0.15, 0.2) is 24.3 Å². The normalized spacial score (nSPS) is 17.6. The van der Waals surface area contributed by atoms with E-state index in [1.54, 1.807) is 6.07 Å². The molecule has 37 heavy (non-hydrogen) atoms. The van der Waals surface area contributed by atoms with Crippen molar-refractivity contribution in [2.24, 2.45) is 0 Å². The first-order valence-corrected chi connectivity index (χ1v) is 12.5. The average Bonchev–Trinajstić information content (AvgIpc) is 3.63. The van der Waals surface area contributed by atoms with Crippen molar-refractivity contribution in [2.45, 2.75) is 57.2 Å². The molecule has 1 aliphatic heterocycles. The first-order chi connectivity index (χ1) is 17.6. The smallest absolute Gasteiger partial charge is 0.416 e. The molecule has 3 heterocycles. The Morgan fingerprint density at radius 2 is 1.97 bits per heavy atom. The third-order valence-electron chi connectivity index (χ3n) is 7.47. The van der Waals surface area contributed by atoms with Crippen molar-refractivity contribution in [1.29, 1.82) is 5.26 Å². The number of likely N-dealkylation sites (tertiary alicyclic amines) is 1. The van der Waals surface area contributed by atoms with Crippen molar-refractivity contribution in [3.8, 4) is 11.9 Å². The number of hydrogen-bond acceptors (Lipinski definition) is 7. The minimum absolute atomic E-state index is 0.174. The maximum absolute atomic E-state index is 13.5. The van der Waals surface area contributed by atoms with Gasteiger partial charge in [0.1, 0.15) is 11.6 Å². The molecule has 0 unspecified atom stereocenters. The summed E-state index contributed by atoms with van der Waals surface area (Å²) in [5.74, 6) is 1.45. The number of methoxy groups -OCH3 is 1. The van der Waals surface area contributed by atoms with Crippen LogP contribution in [0.4, 0.5) is 19.0 Å². The summed E-state index contributed by atoms with van der Waals surface area (Å²) in [7, 11) is 1.52. The summed E-state index contributed by atoms with van der Waals surface area (Å²) >= 11 is 0. The Labute approximate surface area is 213 Å². The number of rotatable bonds is 8. The summed E-state index contributed by atoms with van der Waals surface area (Å²) < 4.78 is 46.2. The molecule has 10 heteroatoms. The molecule has 1 aromatic carbocycles. The average molecular weight is 511 g/mol. The molecule has 194 valence electrons. The first kappa shape index (κ1) is 25.2. The van der Waals surface area contributed by atoms with E-state index in [0.717, 1.165) is 25.7 Å². The second kappa shape index (κ2) is 9.45. The van der Waals surface area contributed by atoms with Gasteiger partial charge in [0, 0.05) is 18.5 Å². The van der Waals surface area contributed by atoms with Gasteiger partial charge in [-0.25, -0.2) is 9.97 Å². The summed E-state index contributed by atoms with van der Waals surface area (Å²) in [5, 5.41) is 13.8. The number of aromatic nitrogens is 3. The number of pyridine rings is 1. The van der Waals surface area contributed by atoms with Crippen LogP contribution < -0.4 is 10.1 Å². The molecular formula is C27H29F3N6O. The van der Waals surface area contributed by atoms with Gasteiger partial charge in [-0.15, -0.1) is 0 Å². The van der Waals surface area contributed by atoms with Crippen LogP contribution in [0.25, 0.3) is 11.0 Å². The highest BCUT2D eigenvalue weighted by Crippen LogP contribution is 2.51. The van der Waals surface area contributed by atoms with Crippen molar-refractivity contribution >= 4 is 16.9 Å². The maximum atomic E-state index is 13.5. The predicted molar refractivity (Wildman–Crippen MR) is 133 cm³/mol. The number of ether oxygens (including phenoxy) is 1. The number of nitrogens with zero attached hydrogens (tertiary/aromatic N) is 5. The van der Waals surface area contributed by atoms with Crippen LogP contribution in [0.2, 0.25) is 0 Å². The van der Waals surface area contributed by atoms with Crippen LogP contribution in [-0.2, 0) is 18.0 Å². The van der Waals surface area contributed by atoms with E-state index in [-0.39, 0.29) is 5.56 Å². The zero-order valence-electron chi connectivity index (χ0n) is 21.1. The van der Waals surface area contributed by atoms with Crippen LogP contribution in [-0.4, -0.2) is 46.6 Å². The molecule has 2 aromatic heterocycles. The lowest BCUT2D eigenvalue weighted by atomic mass is 9.96. The highest BCUT2D eigenvalue weighted by Gasteiger charge is 2.48. The summed E-state index contributed by atoms with van der Waals surface area (Å²) in [6.45, 7) is 6.22. The lowest BCUT2D eigenvalue weighted by Crippen LogP contribution is -2.38.